The average Bonchev–Trinajstić information content (AvgIpc) is 3.46. The number of rotatable bonds is 7. The molecule has 2 N–H and O–H groups in total. The van der Waals surface area contributed by atoms with Crippen LogP contribution < -0.4 is 20.4 Å². The van der Waals surface area contributed by atoms with Gasteiger partial charge in [0, 0.05) is 51.2 Å². The molecule has 0 bridgehead atoms. The lowest BCUT2D eigenvalue weighted by atomic mass is 10.1. The van der Waals surface area contributed by atoms with Gasteiger partial charge in [-0.2, -0.15) is 10.1 Å². The monoisotopic (exact) mass is 483 g/mol. The molecule has 1 unspecified atom stereocenters. The highest BCUT2D eigenvalue weighted by Gasteiger charge is 2.31. The number of nitrogens with zero attached hydrogens (tertiary/aromatic N) is 7. The first-order valence-electron chi connectivity index (χ1n) is 11.9. The van der Waals surface area contributed by atoms with Gasteiger partial charge in [0.15, 0.2) is 5.82 Å². The molecule has 11 nitrogen and oxygen atoms in total. The minimum absolute atomic E-state index is 0.140. The van der Waals surface area contributed by atoms with Crippen LogP contribution in [0.4, 0.5) is 32.6 Å². The first kappa shape index (κ1) is 23.2. The molecule has 0 aromatic carbocycles. The molecule has 2 aliphatic rings. The molecule has 2 fully saturated rings. The number of carbonyl (C=O) groups is 1. The van der Waals surface area contributed by atoms with Gasteiger partial charge < -0.3 is 20.3 Å². The zero-order valence-electron chi connectivity index (χ0n) is 20.1. The van der Waals surface area contributed by atoms with Gasteiger partial charge in [0.25, 0.3) is 0 Å². The summed E-state index contributed by atoms with van der Waals surface area (Å²) in [5.74, 6) is 2.21. The summed E-state index contributed by atoms with van der Waals surface area (Å²) in [5, 5.41) is 11.6. The maximum Gasteiger partial charge on any atom is 0.323 e. The van der Waals surface area contributed by atoms with Crippen LogP contribution in [-0.4, -0.2) is 76.3 Å². The Morgan fingerprint density at radius 2 is 2.17 bits per heavy atom. The van der Waals surface area contributed by atoms with Crippen LogP contribution >= 0.6 is 0 Å². The smallest absolute Gasteiger partial charge is 0.323 e. The second-order valence-corrected chi connectivity index (χ2v) is 8.89. The number of anilines is 4. The van der Waals surface area contributed by atoms with E-state index in [1.54, 1.807) is 23.4 Å². The molecule has 3 atom stereocenters. The van der Waals surface area contributed by atoms with Crippen LogP contribution in [0.25, 0.3) is 10.9 Å². The van der Waals surface area contributed by atoms with Crippen molar-refractivity contribution in [1.29, 1.82) is 0 Å². The van der Waals surface area contributed by atoms with Crippen molar-refractivity contribution in [2.45, 2.75) is 45.0 Å². The standard InChI is InChI=1S/C23H30FN9O2/c1-4-14(2)33-17-11-20(27-12-15(17)21(30-33)32-10-8-26-23(32)34)28-19-5-7-25-22(29-19)31-9-6-18(35-3)16(24)13-31/h5,7,11-12,14,16,18H,4,6,8-10,13H2,1-3H3,(H,26,34)(H,25,27,28,29)/t14?,16-,18+/m1/s1. The number of pyridine rings is 1. The number of methoxy groups -OCH3 is 1. The first-order chi connectivity index (χ1) is 17.0. The number of alkyl halides is 1. The van der Waals surface area contributed by atoms with Crippen molar-refractivity contribution in [3.05, 3.63) is 24.5 Å². The third kappa shape index (κ3) is 4.45. The lowest BCUT2D eigenvalue weighted by Crippen LogP contribution is -2.46. The van der Waals surface area contributed by atoms with Gasteiger partial charge in [-0.3, -0.25) is 9.58 Å². The number of hydrogen-bond donors (Lipinski definition) is 2. The van der Waals surface area contributed by atoms with Crippen LogP contribution in [0.1, 0.15) is 32.7 Å². The van der Waals surface area contributed by atoms with Gasteiger partial charge in [-0.15, -0.1) is 0 Å². The topological polar surface area (TPSA) is 113 Å². The van der Waals surface area contributed by atoms with E-state index in [4.69, 9.17) is 9.84 Å². The number of fused-ring (bicyclic) bond motifs is 1. The van der Waals surface area contributed by atoms with Crippen LogP contribution in [0.3, 0.4) is 0 Å². The fourth-order valence-electron chi connectivity index (χ4n) is 4.50. The molecule has 5 rings (SSSR count). The van der Waals surface area contributed by atoms with Crippen molar-refractivity contribution >= 4 is 40.3 Å². The molecule has 0 spiro atoms. The Kier molecular flexibility index (Phi) is 6.37. The van der Waals surface area contributed by atoms with Crippen molar-refractivity contribution in [1.82, 2.24) is 30.0 Å². The van der Waals surface area contributed by atoms with Gasteiger partial charge in [-0.25, -0.2) is 19.2 Å². The van der Waals surface area contributed by atoms with E-state index in [9.17, 15) is 9.18 Å². The van der Waals surface area contributed by atoms with Crippen molar-refractivity contribution in [3.63, 3.8) is 0 Å². The van der Waals surface area contributed by atoms with E-state index in [-0.39, 0.29) is 18.6 Å². The Bertz CT molecular complexity index is 1220. The molecule has 186 valence electrons. The highest BCUT2D eigenvalue weighted by atomic mass is 19.1. The van der Waals surface area contributed by atoms with Gasteiger partial charge in [0.1, 0.15) is 17.8 Å². The van der Waals surface area contributed by atoms with E-state index in [1.807, 2.05) is 15.6 Å². The summed E-state index contributed by atoms with van der Waals surface area (Å²) in [6, 6.07) is 3.65. The predicted molar refractivity (Wildman–Crippen MR) is 131 cm³/mol. The van der Waals surface area contributed by atoms with Gasteiger partial charge in [0.05, 0.1) is 23.6 Å². The number of nitrogens with one attached hydrogen (secondary N) is 2. The first-order valence-corrected chi connectivity index (χ1v) is 11.9. The highest BCUT2D eigenvalue weighted by molar-refractivity contribution is 6.02. The molecule has 0 radical (unpaired) electrons. The minimum Gasteiger partial charge on any atom is -0.378 e. The number of urea groups is 1. The molecular formula is C23H30FN9O2. The molecule has 2 saturated heterocycles. The van der Waals surface area contributed by atoms with Gasteiger partial charge >= 0.3 is 6.03 Å². The van der Waals surface area contributed by atoms with Crippen molar-refractivity contribution in [3.8, 4) is 0 Å². The number of aromatic nitrogens is 5. The van der Waals surface area contributed by atoms with E-state index < -0.39 is 12.3 Å². The van der Waals surface area contributed by atoms with Crippen molar-refractivity contribution < 1.29 is 13.9 Å². The number of ether oxygens (including phenoxy) is 1. The Balaban J connectivity index is 1.42. The Hall–Kier alpha value is -3.54. The predicted octanol–water partition coefficient (Wildman–Crippen LogP) is 3.03. The summed E-state index contributed by atoms with van der Waals surface area (Å²) in [4.78, 5) is 29.2. The summed E-state index contributed by atoms with van der Waals surface area (Å²) in [6.07, 6.45) is 3.36. The SMILES string of the molecule is CCC(C)n1nc(N2CCNC2=O)c2cnc(Nc3ccnc(N4CC[C@H](OC)[C@H](F)C4)n3)cc21. The van der Waals surface area contributed by atoms with E-state index in [0.717, 1.165) is 17.3 Å². The van der Waals surface area contributed by atoms with Crippen LogP contribution in [0.15, 0.2) is 24.5 Å². The fourth-order valence-corrected chi connectivity index (χ4v) is 4.50. The number of hydrogen-bond acceptors (Lipinski definition) is 8. The summed E-state index contributed by atoms with van der Waals surface area (Å²) in [5.41, 5.74) is 0.878. The number of halogens is 1. The summed E-state index contributed by atoms with van der Waals surface area (Å²) in [6.45, 7) is 6.15. The largest absolute Gasteiger partial charge is 0.378 e. The molecule has 35 heavy (non-hydrogen) atoms. The number of carbonyl (C=O) groups excluding carboxylic acids is 1. The molecule has 3 aromatic heterocycles. The van der Waals surface area contributed by atoms with Gasteiger partial charge in [-0.1, -0.05) is 6.92 Å². The molecule has 5 heterocycles. The Labute approximate surface area is 202 Å². The fraction of sp³-hybridized carbons (Fsp3) is 0.522. The zero-order chi connectivity index (χ0) is 24.5. The van der Waals surface area contributed by atoms with Crippen LogP contribution in [0.2, 0.25) is 0 Å². The third-order valence-electron chi connectivity index (χ3n) is 6.66. The molecule has 2 aliphatic heterocycles. The maximum absolute atomic E-state index is 14.4. The van der Waals surface area contributed by atoms with E-state index >= 15 is 0 Å². The lowest BCUT2D eigenvalue weighted by molar-refractivity contribution is 0.0194. The van der Waals surface area contributed by atoms with Gasteiger partial charge in [0.2, 0.25) is 5.95 Å². The molecule has 12 heteroatoms. The van der Waals surface area contributed by atoms with Crippen molar-refractivity contribution in [2.24, 2.45) is 0 Å². The molecular weight excluding hydrogens is 453 g/mol. The normalized spacial score (nSPS) is 21.4. The van der Waals surface area contributed by atoms with E-state index in [1.165, 1.54) is 7.11 Å². The highest BCUT2D eigenvalue weighted by Crippen LogP contribution is 2.31. The van der Waals surface area contributed by atoms with E-state index in [0.29, 0.717) is 49.5 Å². The zero-order valence-corrected chi connectivity index (χ0v) is 20.1. The Morgan fingerprint density at radius 3 is 2.89 bits per heavy atom. The number of piperidine rings is 1. The molecule has 0 saturated carbocycles. The Morgan fingerprint density at radius 1 is 1.31 bits per heavy atom. The van der Waals surface area contributed by atoms with Crippen LogP contribution in [-0.2, 0) is 4.74 Å². The van der Waals surface area contributed by atoms with Gasteiger partial charge in [-0.05, 0) is 25.8 Å². The lowest BCUT2D eigenvalue weighted by Gasteiger charge is -2.33. The molecule has 0 aliphatic carbocycles. The minimum atomic E-state index is -1.09. The second kappa shape index (κ2) is 9.61. The average molecular weight is 484 g/mol. The number of amides is 2. The van der Waals surface area contributed by atoms with E-state index in [2.05, 4.69) is 39.4 Å². The summed E-state index contributed by atoms with van der Waals surface area (Å²) in [7, 11) is 1.54. The molecule has 2 amide bonds. The maximum atomic E-state index is 14.4. The molecule has 3 aromatic rings. The van der Waals surface area contributed by atoms with Crippen LogP contribution in [0.5, 0.6) is 0 Å². The van der Waals surface area contributed by atoms with Crippen LogP contribution in [0, 0.1) is 0 Å². The summed E-state index contributed by atoms with van der Waals surface area (Å²) >= 11 is 0. The second-order valence-electron chi connectivity index (χ2n) is 8.89. The van der Waals surface area contributed by atoms with Crippen molar-refractivity contribution in [2.75, 3.05) is 48.4 Å². The summed E-state index contributed by atoms with van der Waals surface area (Å²) < 4.78 is 21.5. The quantitative estimate of drug-likeness (QED) is 0.527. The third-order valence-corrected chi connectivity index (χ3v) is 6.66.